The Morgan fingerprint density at radius 3 is 3.21 bits per heavy atom. The molecule has 0 bridgehead atoms. The van der Waals surface area contributed by atoms with E-state index in [0.717, 1.165) is 11.7 Å². The molecular weight excluding hydrogens is 204 g/mol. The van der Waals surface area contributed by atoms with Crippen molar-refractivity contribution in [2.45, 2.75) is 6.10 Å². The Bertz CT molecular complexity index is 232. The van der Waals surface area contributed by atoms with Gasteiger partial charge in [-0.1, -0.05) is 0 Å². The van der Waals surface area contributed by atoms with E-state index in [4.69, 9.17) is 10.5 Å². The van der Waals surface area contributed by atoms with Gasteiger partial charge in [-0.15, -0.1) is 4.37 Å². The van der Waals surface area contributed by atoms with Gasteiger partial charge < -0.3 is 20.9 Å². The van der Waals surface area contributed by atoms with Gasteiger partial charge in [0, 0.05) is 19.6 Å². The molecule has 1 rings (SSSR count). The van der Waals surface area contributed by atoms with E-state index < -0.39 is 6.10 Å². The topological polar surface area (TPSA) is 93.3 Å². The molecule has 0 aliphatic carbocycles. The van der Waals surface area contributed by atoms with E-state index in [-0.39, 0.29) is 6.61 Å². The summed E-state index contributed by atoms with van der Waals surface area (Å²) < 4.78 is 12.8. The molecule has 1 heterocycles. The first-order chi connectivity index (χ1) is 6.83. The van der Waals surface area contributed by atoms with Crippen molar-refractivity contribution in [3.8, 4) is 5.88 Å². The van der Waals surface area contributed by atoms with Crippen LogP contribution in [0.15, 0.2) is 6.20 Å². The van der Waals surface area contributed by atoms with E-state index in [0.29, 0.717) is 25.5 Å². The first-order valence-electron chi connectivity index (χ1n) is 4.32. The number of aromatic nitrogens is 2. The van der Waals surface area contributed by atoms with Crippen LogP contribution in [-0.2, 0) is 0 Å². The van der Waals surface area contributed by atoms with Gasteiger partial charge in [-0.05, 0) is 0 Å². The maximum absolute atomic E-state index is 9.40. The van der Waals surface area contributed by atoms with Gasteiger partial charge in [0.25, 0.3) is 0 Å². The van der Waals surface area contributed by atoms with Gasteiger partial charge in [0.05, 0.1) is 11.7 Å². The molecule has 4 N–H and O–H groups in total. The SMILES string of the molecule is NCCNCC(O)COc1cnsn1. The van der Waals surface area contributed by atoms with Gasteiger partial charge in [0.15, 0.2) is 0 Å². The minimum Gasteiger partial charge on any atom is -0.473 e. The van der Waals surface area contributed by atoms with E-state index in [1.54, 1.807) is 0 Å². The van der Waals surface area contributed by atoms with Gasteiger partial charge in [-0.3, -0.25) is 0 Å². The number of hydrogen-bond donors (Lipinski definition) is 3. The van der Waals surface area contributed by atoms with Gasteiger partial charge in [0.2, 0.25) is 5.88 Å². The van der Waals surface area contributed by atoms with E-state index in [1.807, 2.05) is 0 Å². The van der Waals surface area contributed by atoms with Crippen LogP contribution in [0.25, 0.3) is 0 Å². The number of aliphatic hydroxyl groups excluding tert-OH is 1. The second-order valence-electron chi connectivity index (χ2n) is 2.70. The normalized spacial score (nSPS) is 12.7. The van der Waals surface area contributed by atoms with Crippen LogP contribution in [0.2, 0.25) is 0 Å². The summed E-state index contributed by atoms with van der Waals surface area (Å²) in [7, 11) is 0. The average Bonchev–Trinajstić information content (AvgIpc) is 2.68. The van der Waals surface area contributed by atoms with Crippen LogP contribution in [0.3, 0.4) is 0 Å². The van der Waals surface area contributed by atoms with Gasteiger partial charge in [-0.25, -0.2) is 0 Å². The maximum atomic E-state index is 9.40. The van der Waals surface area contributed by atoms with Crippen molar-refractivity contribution in [2.75, 3.05) is 26.2 Å². The molecule has 7 heteroatoms. The molecule has 0 aliphatic rings. The van der Waals surface area contributed by atoms with E-state index in [9.17, 15) is 5.11 Å². The van der Waals surface area contributed by atoms with Crippen molar-refractivity contribution in [3.63, 3.8) is 0 Å². The highest BCUT2D eigenvalue weighted by molar-refractivity contribution is 6.99. The Kier molecular flexibility index (Phi) is 5.38. The molecule has 0 fully saturated rings. The fraction of sp³-hybridized carbons (Fsp3) is 0.714. The second-order valence-corrected chi connectivity index (χ2v) is 3.26. The summed E-state index contributed by atoms with van der Waals surface area (Å²) in [5.74, 6) is 0.452. The lowest BCUT2D eigenvalue weighted by Crippen LogP contribution is -2.34. The molecule has 0 amide bonds. The van der Waals surface area contributed by atoms with E-state index in [1.165, 1.54) is 6.20 Å². The summed E-state index contributed by atoms with van der Waals surface area (Å²) in [4.78, 5) is 0. The van der Waals surface area contributed by atoms with Gasteiger partial charge >= 0.3 is 0 Å². The molecule has 6 nitrogen and oxygen atoms in total. The number of nitrogens with zero attached hydrogens (tertiary/aromatic N) is 2. The van der Waals surface area contributed by atoms with Crippen LogP contribution < -0.4 is 15.8 Å². The molecular formula is C7H14N4O2S. The van der Waals surface area contributed by atoms with Crippen LogP contribution in [0.4, 0.5) is 0 Å². The quantitative estimate of drug-likeness (QED) is 0.499. The molecule has 0 saturated heterocycles. The Morgan fingerprint density at radius 1 is 1.71 bits per heavy atom. The number of ether oxygens (including phenoxy) is 1. The first kappa shape index (κ1) is 11.3. The Hall–Kier alpha value is -0.760. The third kappa shape index (κ3) is 4.47. The number of rotatable bonds is 7. The number of hydrogen-bond acceptors (Lipinski definition) is 7. The summed E-state index contributed by atoms with van der Waals surface area (Å²) >= 11 is 1.07. The molecule has 1 atom stereocenters. The zero-order chi connectivity index (χ0) is 10.2. The summed E-state index contributed by atoms with van der Waals surface area (Å²) in [5, 5.41) is 12.4. The predicted molar refractivity (Wildman–Crippen MR) is 53.3 cm³/mol. The zero-order valence-corrected chi connectivity index (χ0v) is 8.54. The predicted octanol–water partition coefficient (Wildman–Crippen LogP) is -1.17. The zero-order valence-electron chi connectivity index (χ0n) is 7.72. The third-order valence-corrected chi connectivity index (χ3v) is 1.93. The largest absolute Gasteiger partial charge is 0.473 e. The molecule has 0 aromatic carbocycles. The Balaban J connectivity index is 2.06. The standard InChI is InChI=1S/C7H14N4O2S/c8-1-2-9-3-6(12)5-13-7-4-10-14-11-7/h4,6,9,12H,1-3,5,8H2. The van der Waals surface area contributed by atoms with E-state index in [2.05, 4.69) is 14.1 Å². The highest BCUT2D eigenvalue weighted by Gasteiger charge is 2.05. The smallest absolute Gasteiger partial charge is 0.245 e. The van der Waals surface area contributed by atoms with Crippen LogP contribution in [0.5, 0.6) is 5.88 Å². The number of nitrogens with one attached hydrogen (secondary N) is 1. The minimum atomic E-state index is -0.553. The molecule has 0 saturated carbocycles. The Labute approximate surface area is 86.4 Å². The van der Waals surface area contributed by atoms with Crippen molar-refractivity contribution in [1.82, 2.24) is 14.1 Å². The second kappa shape index (κ2) is 6.66. The van der Waals surface area contributed by atoms with Crippen molar-refractivity contribution in [3.05, 3.63) is 6.20 Å². The monoisotopic (exact) mass is 218 g/mol. The van der Waals surface area contributed by atoms with Crippen molar-refractivity contribution < 1.29 is 9.84 Å². The van der Waals surface area contributed by atoms with Gasteiger partial charge in [0.1, 0.15) is 18.9 Å². The molecule has 80 valence electrons. The first-order valence-corrected chi connectivity index (χ1v) is 5.05. The molecule has 1 aromatic rings. The summed E-state index contributed by atoms with van der Waals surface area (Å²) in [6.45, 7) is 1.93. The average molecular weight is 218 g/mol. The number of aliphatic hydroxyl groups is 1. The molecule has 1 aromatic heterocycles. The van der Waals surface area contributed by atoms with Crippen LogP contribution in [-0.4, -0.2) is 46.2 Å². The van der Waals surface area contributed by atoms with Crippen molar-refractivity contribution in [2.24, 2.45) is 5.73 Å². The lowest BCUT2D eigenvalue weighted by atomic mass is 10.4. The molecule has 1 unspecified atom stereocenters. The third-order valence-electron chi connectivity index (χ3n) is 1.47. The summed E-state index contributed by atoms with van der Waals surface area (Å²) in [6, 6.07) is 0. The lowest BCUT2D eigenvalue weighted by Gasteiger charge is -2.10. The van der Waals surface area contributed by atoms with Crippen molar-refractivity contribution >= 4 is 11.7 Å². The van der Waals surface area contributed by atoms with Crippen LogP contribution in [0, 0.1) is 0 Å². The number of nitrogens with two attached hydrogens (primary N) is 1. The summed E-state index contributed by atoms with van der Waals surface area (Å²) in [5.41, 5.74) is 5.27. The van der Waals surface area contributed by atoms with Gasteiger partial charge in [-0.2, -0.15) is 4.37 Å². The molecule has 0 spiro atoms. The fourth-order valence-corrected chi connectivity index (χ4v) is 1.20. The lowest BCUT2D eigenvalue weighted by molar-refractivity contribution is 0.105. The Morgan fingerprint density at radius 2 is 2.57 bits per heavy atom. The highest BCUT2D eigenvalue weighted by atomic mass is 32.1. The molecule has 0 aliphatic heterocycles. The minimum absolute atomic E-state index is 0.211. The van der Waals surface area contributed by atoms with E-state index >= 15 is 0 Å². The maximum Gasteiger partial charge on any atom is 0.245 e. The van der Waals surface area contributed by atoms with Crippen LogP contribution in [0.1, 0.15) is 0 Å². The molecule has 0 radical (unpaired) electrons. The van der Waals surface area contributed by atoms with Crippen LogP contribution >= 0.6 is 11.7 Å². The summed E-state index contributed by atoms with van der Waals surface area (Å²) in [6.07, 6.45) is 0.966. The highest BCUT2D eigenvalue weighted by Crippen LogP contribution is 2.04. The molecule has 14 heavy (non-hydrogen) atoms. The fourth-order valence-electron chi connectivity index (χ4n) is 0.831. The van der Waals surface area contributed by atoms with Crippen molar-refractivity contribution in [1.29, 1.82) is 0 Å².